The van der Waals surface area contributed by atoms with E-state index in [1.165, 1.54) is 12.1 Å². The molecule has 1 heterocycles. The van der Waals surface area contributed by atoms with Crippen LogP contribution in [0.25, 0.3) is 10.9 Å². The second-order valence-corrected chi connectivity index (χ2v) is 5.37. The number of nitro groups is 1. The van der Waals surface area contributed by atoms with E-state index in [1.54, 1.807) is 29.1 Å². The van der Waals surface area contributed by atoms with Crippen molar-refractivity contribution < 1.29 is 9.72 Å². The minimum absolute atomic E-state index is 0.0176. The summed E-state index contributed by atoms with van der Waals surface area (Å²) in [6.07, 6.45) is 3.43. The lowest BCUT2D eigenvalue weighted by molar-refractivity contribution is -0.384. The van der Waals surface area contributed by atoms with Crippen LogP contribution in [0, 0.1) is 10.1 Å². The highest BCUT2D eigenvalue weighted by molar-refractivity contribution is 6.00. The number of carbonyl (C=O) groups is 1. The highest BCUT2D eigenvalue weighted by Gasteiger charge is 2.08. The first kappa shape index (κ1) is 16.2. The van der Waals surface area contributed by atoms with Gasteiger partial charge >= 0.3 is 0 Å². The van der Waals surface area contributed by atoms with Crippen LogP contribution in [0.4, 0.5) is 11.4 Å². The van der Waals surface area contributed by atoms with E-state index >= 15 is 0 Å². The summed E-state index contributed by atoms with van der Waals surface area (Å²) in [5, 5.41) is 15.7. The van der Waals surface area contributed by atoms with Gasteiger partial charge in [0.15, 0.2) is 0 Å². The molecule has 3 N–H and O–H groups in total. The molecule has 0 bridgehead atoms. The number of benzene rings is 2. The zero-order valence-electron chi connectivity index (χ0n) is 13.1. The Morgan fingerprint density at radius 2 is 1.96 bits per heavy atom. The summed E-state index contributed by atoms with van der Waals surface area (Å²) >= 11 is 0. The lowest BCUT2D eigenvalue weighted by Gasteiger charge is -2.00. The smallest absolute Gasteiger partial charge is 0.269 e. The molecule has 0 fully saturated rings. The fourth-order valence-electron chi connectivity index (χ4n) is 2.51. The molecule has 1 amide bonds. The molecule has 2 aromatic carbocycles. The number of para-hydroxylation sites is 1. The van der Waals surface area contributed by atoms with Crippen LogP contribution in [0.2, 0.25) is 0 Å². The number of nitrogens with one attached hydrogen (secondary N) is 1. The quantitative estimate of drug-likeness (QED) is 0.408. The largest absolute Gasteiger partial charge is 0.368 e. The van der Waals surface area contributed by atoms with Crippen molar-refractivity contribution in [2.75, 3.05) is 5.43 Å². The number of nitro benzene ring substituents is 1. The number of carbonyl (C=O) groups excluding carboxylic acids is 1. The summed E-state index contributed by atoms with van der Waals surface area (Å²) in [7, 11) is 0. The second kappa shape index (κ2) is 6.83. The molecule has 8 heteroatoms. The van der Waals surface area contributed by atoms with E-state index < -0.39 is 10.8 Å². The number of rotatable bonds is 6. The molecule has 25 heavy (non-hydrogen) atoms. The van der Waals surface area contributed by atoms with Crippen molar-refractivity contribution in [1.29, 1.82) is 0 Å². The van der Waals surface area contributed by atoms with Crippen molar-refractivity contribution >= 4 is 34.4 Å². The van der Waals surface area contributed by atoms with E-state index in [-0.39, 0.29) is 12.2 Å². The second-order valence-electron chi connectivity index (χ2n) is 5.37. The third-order valence-corrected chi connectivity index (χ3v) is 3.62. The molecule has 1 aromatic heterocycles. The molecule has 3 aromatic rings. The number of hydrogen-bond donors (Lipinski definition) is 2. The molecule has 0 radical (unpaired) electrons. The van der Waals surface area contributed by atoms with Gasteiger partial charge in [-0.3, -0.25) is 20.3 Å². The Morgan fingerprint density at radius 3 is 2.64 bits per heavy atom. The molecule has 0 spiro atoms. The van der Waals surface area contributed by atoms with Crippen molar-refractivity contribution in [3.63, 3.8) is 0 Å². The third kappa shape index (κ3) is 3.63. The molecule has 0 aliphatic heterocycles. The number of aromatic nitrogens is 1. The summed E-state index contributed by atoms with van der Waals surface area (Å²) in [5.74, 6) is -0.423. The van der Waals surface area contributed by atoms with Crippen molar-refractivity contribution in [1.82, 2.24) is 4.57 Å². The molecule has 0 atom stereocenters. The Kier molecular flexibility index (Phi) is 4.42. The Morgan fingerprint density at radius 1 is 1.24 bits per heavy atom. The number of fused-ring (bicyclic) bond motifs is 1. The number of non-ortho nitro benzene ring substituents is 1. The van der Waals surface area contributed by atoms with Crippen LogP contribution in [0.15, 0.2) is 59.8 Å². The van der Waals surface area contributed by atoms with E-state index in [2.05, 4.69) is 10.5 Å². The van der Waals surface area contributed by atoms with Crippen molar-refractivity contribution in [2.45, 2.75) is 6.54 Å². The minimum atomic E-state index is -0.458. The maximum atomic E-state index is 11.2. The van der Waals surface area contributed by atoms with E-state index in [0.29, 0.717) is 5.69 Å². The molecule has 8 nitrogen and oxygen atoms in total. The summed E-state index contributed by atoms with van der Waals surface area (Å²) in [6.45, 7) is 0.0874. The molecular weight excluding hydrogens is 322 g/mol. The lowest BCUT2D eigenvalue weighted by atomic mass is 10.2. The Hall–Kier alpha value is -3.68. The number of hydrogen-bond acceptors (Lipinski definition) is 5. The van der Waals surface area contributed by atoms with Gasteiger partial charge in [0.2, 0.25) is 5.91 Å². The average molecular weight is 337 g/mol. The fraction of sp³-hybridized carbons (Fsp3) is 0.0588. The Bertz CT molecular complexity index is 960. The molecule has 0 aliphatic rings. The van der Waals surface area contributed by atoms with Gasteiger partial charge in [-0.25, -0.2) is 0 Å². The van der Waals surface area contributed by atoms with Gasteiger partial charge in [0.25, 0.3) is 5.69 Å². The molecule has 0 saturated heterocycles. The maximum Gasteiger partial charge on any atom is 0.269 e. The zero-order chi connectivity index (χ0) is 17.8. The summed E-state index contributed by atoms with van der Waals surface area (Å²) in [4.78, 5) is 21.4. The van der Waals surface area contributed by atoms with Gasteiger partial charge in [-0.2, -0.15) is 5.10 Å². The van der Waals surface area contributed by atoms with E-state index in [0.717, 1.165) is 16.5 Å². The first-order valence-electron chi connectivity index (χ1n) is 7.44. The summed E-state index contributed by atoms with van der Waals surface area (Å²) < 4.78 is 1.77. The topological polar surface area (TPSA) is 116 Å². The SMILES string of the molecule is NC(=O)Cn1cc(/C=N\Nc2ccc([N+](=O)[O-])cc2)c2ccccc21. The van der Waals surface area contributed by atoms with E-state index in [9.17, 15) is 14.9 Å². The van der Waals surface area contributed by atoms with Gasteiger partial charge in [0, 0.05) is 34.8 Å². The number of amides is 1. The normalized spacial score (nSPS) is 11.0. The van der Waals surface area contributed by atoms with Crippen LogP contribution in [0.3, 0.4) is 0 Å². The zero-order valence-corrected chi connectivity index (χ0v) is 13.1. The Labute approximate surface area is 142 Å². The van der Waals surface area contributed by atoms with Gasteiger partial charge in [-0.15, -0.1) is 0 Å². The van der Waals surface area contributed by atoms with Crippen LogP contribution < -0.4 is 11.2 Å². The van der Waals surface area contributed by atoms with Gasteiger partial charge in [-0.1, -0.05) is 18.2 Å². The predicted octanol–water partition coefficient (Wildman–Crippen LogP) is 2.48. The van der Waals surface area contributed by atoms with Crippen molar-refractivity contribution in [2.24, 2.45) is 10.8 Å². The Balaban J connectivity index is 1.81. The fourth-order valence-corrected chi connectivity index (χ4v) is 2.51. The van der Waals surface area contributed by atoms with Crippen LogP contribution in [-0.4, -0.2) is 21.6 Å². The molecule has 3 rings (SSSR count). The van der Waals surface area contributed by atoms with Gasteiger partial charge in [0.1, 0.15) is 6.54 Å². The number of primary amides is 1. The number of nitrogens with zero attached hydrogens (tertiary/aromatic N) is 3. The lowest BCUT2D eigenvalue weighted by Crippen LogP contribution is -2.17. The first-order chi connectivity index (χ1) is 12.0. The van der Waals surface area contributed by atoms with Crippen molar-refractivity contribution in [3.05, 3.63) is 70.4 Å². The van der Waals surface area contributed by atoms with Gasteiger partial charge < -0.3 is 10.3 Å². The van der Waals surface area contributed by atoms with Crippen LogP contribution in [-0.2, 0) is 11.3 Å². The third-order valence-electron chi connectivity index (χ3n) is 3.62. The maximum absolute atomic E-state index is 11.2. The summed E-state index contributed by atoms with van der Waals surface area (Å²) in [5.41, 5.74) is 10.5. The number of hydrazone groups is 1. The van der Waals surface area contributed by atoms with E-state index in [1.807, 2.05) is 24.3 Å². The number of nitrogens with two attached hydrogens (primary N) is 1. The number of anilines is 1. The molecule has 0 saturated carbocycles. The van der Waals surface area contributed by atoms with Crippen LogP contribution in [0.1, 0.15) is 5.56 Å². The van der Waals surface area contributed by atoms with Crippen molar-refractivity contribution in [3.8, 4) is 0 Å². The molecule has 0 unspecified atom stereocenters. The predicted molar refractivity (Wildman–Crippen MR) is 95.4 cm³/mol. The summed E-state index contributed by atoms with van der Waals surface area (Å²) in [6, 6.07) is 13.6. The van der Waals surface area contributed by atoms with E-state index in [4.69, 9.17) is 5.73 Å². The highest BCUT2D eigenvalue weighted by Crippen LogP contribution is 2.20. The molecule has 0 aliphatic carbocycles. The molecule has 126 valence electrons. The van der Waals surface area contributed by atoms with Gasteiger partial charge in [-0.05, 0) is 18.2 Å². The standard InChI is InChI=1S/C17H15N5O3/c18-17(23)11-21-10-12(15-3-1-2-4-16(15)21)9-19-20-13-5-7-14(8-6-13)22(24)25/h1-10,20H,11H2,(H2,18,23)/b19-9-. The highest BCUT2D eigenvalue weighted by atomic mass is 16.6. The monoisotopic (exact) mass is 337 g/mol. The average Bonchev–Trinajstić information content (AvgIpc) is 2.93. The minimum Gasteiger partial charge on any atom is -0.368 e. The van der Waals surface area contributed by atoms with Crippen LogP contribution in [0.5, 0.6) is 0 Å². The van der Waals surface area contributed by atoms with Gasteiger partial charge in [0.05, 0.1) is 16.8 Å². The van der Waals surface area contributed by atoms with Crippen LogP contribution >= 0.6 is 0 Å². The molecular formula is C17H15N5O3. The first-order valence-corrected chi connectivity index (χ1v) is 7.44.